The Balaban J connectivity index is 3.22. The summed E-state index contributed by atoms with van der Waals surface area (Å²) in [5, 5.41) is -0.231. The van der Waals surface area contributed by atoms with E-state index in [0.717, 1.165) is 4.57 Å². The maximum atomic E-state index is 11.7. The molecular weight excluding hydrogens is 260 g/mol. The van der Waals surface area contributed by atoms with Gasteiger partial charge in [-0.2, -0.15) is 8.42 Å². The number of H-pyrrole nitrogens is 1. The SMILES string of the molecule is Cc1cc(S(=O)(=O)O)c2c(=O)[nH]c(=O)n(C)c2c1. The van der Waals surface area contributed by atoms with E-state index in [-0.39, 0.29) is 10.9 Å². The summed E-state index contributed by atoms with van der Waals surface area (Å²) in [4.78, 5) is 24.6. The second-order valence-electron chi connectivity index (χ2n) is 3.95. The fourth-order valence-electron chi connectivity index (χ4n) is 1.78. The Morgan fingerprint density at radius 2 is 1.89 bits per heavy atom. The molecule has 7 nitrogen and oxygen atoms in total. The lowest BCUT2D eigenvalue weighted by Crippen LogP contribution is -2.29. The number of aromatic amines is 1. The number of hydrogen-bond donors (Lipinski definition) is 2. The molecule has 0 atom stereocenters. The van der Waals surface area contributed by atoms with Crippen molar-refractivity contribution in [3.8, 4) is 0 Å². The van der Waals surface area contributed by atoms with Gasteiger partial charge >= 0.3 is 5.69 Å². The lowest BCUT2D eigenvalue weighted by atomic mass is 10.1. The van der Waals surface area contributed by atoms with Crippen molar-refractivity contribution in [3.63, 3.8) is 0 Å². The molecule has 0 saturated carbocycles. The fraction of sp³-hybridized carbons (Fsp3) is 0.200. The summed E-state index contributed by atoms with van der Waals surface area (Å²) in [6.07, 6.45) is 0. The van der Waals surface area contributed by atoms with E-state index in [9.17, 15) is 18.0 Å². The van der Waals surface area contributed by atoms with Crippen LogP contribution < -0.4 is 11.2 Å². The highest BCUT2D eigenvalue weighted by Gasteiger charge is 2.19. The molecule has 18 heavy (non-hydrogen) atoms. The van der Waals surface area contributed by atoms with Crippen molar-refractivity contribution in [1.82, 2.24) is 9.55 Å². The average Bonchev–Trinajstić information content (AvgIpc) is 2.23. The Morgan fingerprint density at radius 1 is 1.28 bits per heavy atom. The van der Waals surface area contributed by atoms with Gasteiger partial charge in [0, 0.05) is 7.05 Å². The number of aromatic nitrogens is 2. The van der Waals surface area contributed by atoms with Gasteiger partial charge in [0.15, 0.2) is 0 Å². The molecule has 96 valence electrons. The van der Waals surface area contributed by atoms with Crippen molar-refractivity contribution in [1.29, 1.82) is 0 Å². The quantitative estimate of drug-likeness (QED) is 0.696. The number of fused-ring (bicyclic) bond motifs is 1. The topological polar surface area (TPSA) is 109 Å². The molecule has 0 saturated heterocycles. The monoisotopic (exact) mass is 270 g/mol. The van der Waals surface area contributed by atoms with Crippen LogP contribution in [0.2, 0.25) is 0 Å². The first-order chi connectivity index (χ1) is 8.21. The van der Waals surface area contributed by atoms with Gasteiger partial charge in [0.2, 0.25) is 0 Å². The third-order valence-corrected chi connectivity index (χ3v) is 3.49. The predicted molar refractivity (Wildman–Crippen MR) is 64.4 cm³/mol. The molecule has 0 spiro atoms. The van der Waals surface area contributed by atoms with Crippen LogP contribution in [0.5, 0.6) is 0 Å². The van der Waals surface area contributed by atoms with Crippen LogP contribution in [0.15, 0.2) is 26.6 Å². The van der Waals surface area contributed by atoms with Crippen molar-refractivity contribution in [2.75, 3.05) is 0 Å². The minimum Gasteiger partial charge on any atom is -0.296 e. The van der Waals surface area contributed by atoms with Crippen LogP contribution in [-0.4, -0.2) is 22.5 Å². The van der Waals surface area contributed by atoms with Crippen LogP contribution in [0.3, 0.4) is 0 Å². The zero-order valence-corrected chi connectivity index (χ0v) is 10.4. The first-order valence-corrected chi connectivity index (χ1v) is 6.37. The van der Waals surface area contributed by atoms with E-state index < -0.39 is 26.3 Å². The zero-order valence-electron chi connectivity index (χ0n) is 9.59. The predicted octanol–water partition coefficient (Wildman–Crippen LogP) is -0.218. The molecule has 0 unspecified atom stereocenters. The minimum absolute atomic E-state index is 0.149. The normalized spacial score (nSPS) is 11.9. The van der Waals surface area contributed by atoms with Gasteiger partial charge in [-0.05, 0) is 24.6 Å². The average molecular weight is 270 g/mol. The van der Waals surface area contributed by atoms with Gasteiger partial charge in [-0.1, -0.05) is 0 Å². The molecular formula is C10H10N2O5S. The second-order valence-corrected chi connectivity index (χ2v) is 5.34. The molecule has 2 aromatic rings. The maximum Gasteiger partial charge on any atom is 0.328 e. The number of nitrogens with zero attached hydrogens (tertiary/aromatic N) is 1. The lowest BCUT2D eigenvalue weighted by Gasteiger charge is -2.08. The van der Waals surface area contributed by atoms with Gasteiger partial charge in [-0.25, -0.2) is 4.79 Å². The summed E-state index contributed by atoms with van der Waals surface area (Å²) in [7, 11) is -3.14. The van der Waals surface area contributed by atoms with Gasteiger partial charge in [0.1, 0.15) is 4.90 Å². The van der Waals surface area contributed by atoms with Crippen LogP contribution in [0.1, 0.15) is 5.56 Å². The van der Waals surface area contributed by atoms with Crippen molar-refractivity contribution in [2.24, 2.45) is 7.05 Å². The molecule has 1 aromatic heterocycles. The van der Waals surface area contributed by atoms with E-state index >= 15 is 0 Å². The smallest absolute Gasteiger partial charge is 0.296 e. The lowest BCUT2D eigenvalue weighted by molar-refractivity contribution is 0.484. The molecule has 2 rings (SSSR count). The maximum absolute atomic E-state index is 11.7. The molecule has 0 fully saturated rings. The summed E-state index contributed by atoms with van der Waals surface area (Å²) in [6.45, 7) is 1.60. The van der Waals surface area contributed by atoms with Crippen LogP contribution in [0.25, 0.3) is 10.9 Å². The Labute approximate surface area is 101 Å². The van der Waals surface area contributed by atoms with Gasteiger partial charge in [-0.3, -0.25) is 18.9 Å². The Bertz CT molecular complexity index is 860. The summed E-state index contributed by atoms with van der Waals surface area (Å²) >= 11 is 0. The summed E-state index contributed by atoms with van der Waals surface area (Å²) in [6, 6.07) is 2.68. The van der Waals surface area contributed by atoms with Crippen molar-refractivity contribution < 1.29 is 13.0 Å². The molecule has 1 heterocycles. The van der Waals surface area contributed by atoms with Crippen molar-refractivity contribution in [3.05, 3.63) is 38.5 Å². The highest BCUT2D eigenvalue weighted by molar-refractivity contribution is 7.86. The summed E-state index contributed by atoms with van der Waals surface area (Å²) < 4.78 is 32.8. The van der Waals surface area contributed by atoms with E-state index in [4.69, 9.17) is 4.55 Å². The molecule has 0 bridgehead atoms. The number of benzene rings is 1. The summed E-state index contributed by atoms with van der Waals surface area (Å²) in [5.41, 5.74) is -0.841. The standard InChI is InChI=1S/C10H10N2O5S/c1-5-3-6-8(7(4-5)18(15,16)17)9(13)11-10(14)12(6)2/h3-4H,1-2H3,(H,11,13,14)(H,15,16,17). The highest BCUT2D eigenvalue weighted by atomic mass is 32.2. The molecule has 2 N–H and O–H groups in total. The number of hydrogen-bond acceptors (Lipinski definition) is 4. The van der Waals surface area contributed by atoms with E-state index in [1.165, 1.54) is 19.2 Å². The van der Waals surface area contributed by atoms with E-state index in [2.05, 4.69) is 0 Å². The van der Waals surface area contributed by atoms with Crippen LogP contribution >= 0.6 is 0 Å². The molecule has 0 aliphatic carbocycles. The highest BCUT2D eigenvalue weighted by Crippen LogP contribution is 2.20. The van der Waals surface area contributed by atoms with Crippen LogP contribution in [0.4, 0.5) is 0 Å². The second kappa shape index (κ2) is 3.79. The largest absolute Gasteiger partial charge is 0.328 e. The third kappa shape index (κ3) is 1.85. The first kappa shape index (κ1) is 12.5. The molecule has 0 aliphatic heterocycles. The van der Waals surface area contributed by atoms with Crippen molar-refractivity contribution >= 4 is 21.0 Å². The number of rotatable bonds is 1. The number of aryl methyl sites for hydroxylation is 2. The molecule has 1 aromatic carbocycles. The molecule has 8 heteroatoms. The minimum atomic E-state index is -4.54. The first-order valence-electron chi connectivity index (χ1n) is 4.93. The Kier molecular flexibility index (Phi) is 2.63. The van der Waals surface area contributed by atoms with E-state index in [0.29, 0.717) is 5.56 Å². The van der Waals surface area contributed by atoms with Crippen LogP contribution in [0, 0.1) is 6.92 Å². The van der Waals surface area contributed by atoms with E-state index in [1.807, 2.05) is 4.98 Å². The van der Waals surface area contributed by atoms with Gasteiger partial charge in [0.25, 0.3) is 15.7 Å². The van der Waals surface area contributed by atoms with Gasteiger partial charge < -0.3 is 0 Å². The molecule has 0 aliphatic rings. The molecule has 0 amide bonds. The number of nitrogens with one attached hydrogen (secondary N) is 1. The van der Waals surface area contributed by atoms with Gasteiger partial charge in [0.05, 0.1) is 10.9 Å². The fourth-order valence-corrected chi connectivity index (χ4v) is 2.57. The van der Waals surface area contributed by atoms with Crippen molar-refractivity contribution in [2.45, 2.75) is 11.8 Å². The Hall–Kier alpha value is -1.93. The molecule has 0 radical (unpaired) electrons. The summed E-state index contributed by atoms with van der Waals surface area (Å²) in [5.74, 6) is 0. The Morgan fingerprint density at radius 3 is 2.44 bits per heavy atom. The zero-order chi connectivity index (χ0) is 13.7. The third-order valence-electron chi connectivity index (χ3n) is 2.62. The van der Waals surface area contributed by atoms with Crippen LogP contribution in [-0.2, 0) is 17.2 Å². The van der Waals surface area contributed by atoms with Gasteiger partial charge in [-0.15, -0.1) is 0 Å². The van der Waals surface area contributed by atoms with E-state index in [1.54, 1.807) is 6.92 Å².